The Labute approximate surface area is 132 Å². The van der Waals surface area contributed by atoms with Crippen molar-refractivity contribution in [3.8, 4) is 0 Å². The molecule has 110 valence electrons. The number of carbonyl (C=O) groups is 1. The largest absolute Gasteiger partial charge is 0.431 e. The van der Waals surface area contributed by atoms with E-state index in [1.54, 1.807) is 35.3 Å². The molecule has 0 N–H and O–H groups in total. The van der Waals surface area contributed by atoms with E-state index in [1.165, 1.54) is 11.8 Å². The van der Waals surface area contributed by atoms with Crippen LogP contribution in [0.2, 0.25) is 5.02 Å². The van der Waals surface area contributed by atoms with E-state index >= 15 is 0 Å². The minimum absolute atomic E-state index is 0.0138. The number of rotatable bonds is 7. The van der Waals surface area contributed by atoms with Gasteiger partial charge in [-0.2, -0.15) is 0 Å². The summed E-state index contributed by atoms with van der Waals surface area (Å²) in [4.78, 5) is 18.0. The number of aromatic nitrogens is 1. The monoisotopic (exact) mass is 322 g/mol. The number of benzene rings is 1. The van der Waals surface area contributed by atoms with Crippen LogP contribution in [0.5, 0.6) is 0 Å². The van der Waals surface area contributed by atoms with Crippen molar-refractivity contribution in [2.75, 3.05) is 18.8 Å². The van der Waals surface area contributed by atoms with Crippen LogP contribution in [0, 0.1) is 0 Å². The second-order valence-electron chi connectivity index (χ2n) is 4.26. The molecule has 0 saturated heterocycles. The zero-order valence-electron chi connectivity index (χ0n) is 11.4. The van der Waals surface area contributed by atoms with Crippen LogP contribution < -0.4 is 0 Å². The van der Waals surface area contributed by atoms with Crippen molar-refractivity contribution in [2.45, 2.75) is 5.22 Å². The molecule has 4 nitrogen and oxygen atoms in total. The van der Waals surface area contributed by atoms with E-state index in [9.17, 15) is 4.79 Å². The maximum Gasteiger partial charge on any atom is 0.257 e. The minimum atomic E-state index is -0.0138. The summed E-state index contributed by atoms with van der Waals surface area (Å²) in [6, 6.07) is 5.23. The summed E-state index contributed by atoms with van der Waals surface area (Å²) in [5.41, 5.74) is 1.34. The predicted octanol–water partition coefficient (Wildman–Crippen LogP) is 3.77. The lowest BCUT2D eigenvalue weighted by Crippen LogP contribution is -2.32. The fourth-order valence-corrected chi connectivity index (χ4v) is 2.65. The first kappa shape index (κ1) is 15.7. The van der Waals surface area contributed by atoms with Crippen molar-refractivity contribution >= 4 is 40.4 Å². The smallest absolute Gasteiger partial charge is 0.257 e. The van der Waals surface area contributed by atoms with Gasteiger partial charge in [-0.3, -0.25) is 4.79 Å². The average molecular weight is 323 g/mol. The van der Waals surface area contributed by atoms with E-state index < -0.39 is 0 Å². The van der Waals surface area contributed by atoms with E-state index in [0.29, 0.717) is 34.4 Å². The molecule has 0 atom stereocenters. The van der Waals surface area contributed by atoms with Gasteiger partial charge in [-0.15, -0.1) is 13.2 Å². The lowest BCUT2D eigenvalue weighted by atomic mass is 10.3. The highest BCUT2D eigenvalue weighted by molar-refractivity contribution is 7.99. The number of carbonyl (C=O) groups excluding carboxylic acids is 1. The van der Waals surface area contributed by atoms with Crippen LogP contribution in [0.25, 0.3) is 11.1 Å². The van der Waals surface area contributed by atoms with E-state index in [0.717, 1.165) is 0 Å². The minimum Gasteiger partial charge on any atom is -0.431 e. The van der Waals surface area contributed by atoms with Crippen molar-refractivity contribution in [1.82, 2.24) is 9.88 Å². The predicted molar refractivity (Wildman–Crippen MR) is 86.7 cm³/mol. The van der Waals surface area contributed by atoms with E-state index in [4.69, 9.17) is 16.0 Å². The van der Waals surface area contributed by atoms with Crippen LogP contribution in [-0.4, -0.2) is 34.6 Å². The maximum atomic E-state index is 12.1. The first-order valence-corrected chi connectivity index (χ1v) is 7.69. The highest BCUT2D eigenvalue weighted by Gasteiger charge is 2.14. The molecule has 0 bridgehead atoms. The van der Waals surface area contributed by atoms with Gasteiger partial charge in [0.15, 0.2) is 5.58 Å². The van der Waals surface area contributed by atoms with Crippen LogP contribution in [0.3, 0.4) is 0 Å². The Bertz CT molecular complexity index is 659. The second-order valence-corrected chi connectivity index (χ2v) is 5.62. The molecule has 0 aliphatic rings. The second kappa shape index (κ2) is 7.33. The average Bonchev–Trinajstić information content (AvgIpc) is 2.86. The summed E-state index contributed by atoms with van der Waals surface area (Å²) in [5.74, 6) is 0.238. The summed E-state index contributed by atoms with van der Waals surface area (Å²) in [6.07, 6.45) is 3.38. The highest BCUT2D eigenvalue weighted by atomic mass is 35.5. The number of amides is 1. The molecule has 21 heavy (non-hydrogen) atoms. The number of nitrogens with zero attached hydrogens (tertiary/aromatic N) is 2. The van der Waals surface area contributed by atoms with Gasteiger partial charge in [0.25, 0.3) is 5.22 Å². The fourth-order valence-electron chi connectivity index (χ4n) is 1.75. The van der Waals surface area contributed by atoms with Gasteiger partial charge in [-0.05, 0) is 18.2 Å². The molecule has 2 rings (SSSR count). The Morgan fingerprint density at radius 2 is 2.10 bits per heavy atom. The van der Waals surface area contributed by atoms with Gasteiger partial charge in [-0.1, -0.05) is 35.5 Å². The van der Waals surface area contributed by atoms with E-state index in [-0.39, 0.29) is 11.7 Å². The topological polar surface area (TPSA) is 46.3 Å². The van der Waals surface area contributed by atoms with E-state index in [2.05, 4.69) is 18.1 Å². The summed E-state index contributed by atoms with van der Waals surface area (Å²) in [6.45, 7) is 8.27. The third kappa shape index (κ3) is 4.12. The molecule has 0 spiro atoms. The summed E-state index contributed by atoms with van der Waals surface area (Å²) in [7, 11) is 0. The Balaban J connectivity index is 2.01. The van der Waals surface area contributed by atoms with Crippen molar-refractivity contribution in [1.29, 1.82) is 0 Å². The first-order chi connectivity index (χ1) is 10.1. The van der Waals surface area contributed by atoms with E-state index in [1.807, 2.05) is 0 Å². The third-order valence-corrected chi connectivity index (χ3v) is 3.75. The SMILES string of the molecule is C=CCN(CC=C)C(=O)CSc1nc2cc(Cl)ccc2o1. The van der Waals surface area contributed by atoms with Gasteiger partial charge in [0.05, 0.1) is 5.75 Å². The molecule has 2 aromatic rings. The molecular weight excluding hydrogens is 308 g/mol. The van der Waals surface area contributed by atoms with Gasteiger partial charge in [0.2, 0.25) is 5.91 Å². The summed E-state index contributed by atoms with van der Waals surface area (Å²) >= 11 is 7.16. The van der Waals surface area contributed by atoms with Crippen LogP contribution in [0.1, 0.15) is 0 Å². The molecule has 1 heterocycles. The van der Waals surface area contributed by atoms with Crippen LogP contribution >= 0.6 is 23.4 Å². The molecule has 6 heteroatoms. The molecule has 0 unspecified atom stereocenters. The molecule has 0 aliphatic heterocycles. The Kier molecular flexibility index (Phi) is 5.47. The lowest BCUT2D eigenvalue weighted by Gasteiger charge is -2.18. The molecular formula is C15H15ClN2O2S. The third-order valence-electron chi connectivity index (χ3n) is 2.70. The Morgan fingerprint density at radius 3 is 2.76 bits per heavy atom. The Morgan fingerprint density at radius 1 is 1.38 bits per heavy atom. The number of fused-ring (bicyclic) bond motifs is 1. The molecule has 0 fully saturated rings. The van der Waals surface area contributed by atoms with Gasteiger partial charge < -0.3 is 9.32 Å². The molecule has 0 radical (unpaired) electrons. The standard InChI is InChI=1S/C15H15ClN2O2S/c1-3-7-18(8-4-2)14(19)10-21-15-17-12-9-11(16)5-6-13(12)20-15/h3-6,9H,1-2,7-8,10H2. The molecule has 1 aromatic carbocycles. The quantitative estimate of drug-likeness (QED) is 0.575. The van der Waals surface area contributed by atoms with Crippen LogP contribution in [0.15, 0.2) is 53.1 Å². The van der Waals surface area contributed by atoms with Gasteiger partial charge in [-0.25, -0.2) is 4.98 Å². The number of halogens is 1. The van der Waals surface area contributed by atoms with Crippen molar-refractivity contribution in [3.63, 3.8) is 0 Å². The normalized spacial score (nSPS) is 10.5. The van der Waals surface area contributed by atoms with Gasteiger partial charge >= 0.3 is 0 Å². The maximum absolute atomic E-state index is 12.1. The Hall–Kier alpha value is -1.72. The molecule has 1 amide bonds. The first-order valence-electron chi connectivity index (χ1n) is 6.32. The van der Waals surface area contributed by atoms with Crippen molar-refractivity contribution < 1.29 is 9.21 Å². The van der Waals surface area contributed by atoms with Crippen LogP contribution in [0.4, 0.5) is 0 Å². The molecule has 1 aromatic heterocycles. The van der Waals surface area contributed by atoms with Gasteiger partial charge in [0.1, 0.15) is 5.52 Å². The number of oxazole rings is 1. The summed E-state index contributed by atoms with van der Waals surface area (Å²) in [5, 5.41) is 1.06. The molecule has 0 aliphatic carbocycles. The van der Waals surface area contributed by atoms with Gasteiger partial charge in [0, 0.05) is 18.1 Å². The van der Waals surface area contributed by atoms with Crippen molar-refractivity contribution in [3.05, 3.63) is 48.5 Å². The molecule has 0 saturated carbocycles. The summed E-state index contributed by atoms with van der Waals surface area (Å²) < 4.78 is 5.56. The fraction of sp³-hybridized carbons (Fsp3) is 0.200. The van der Waals surface area contributed by atoms with Crippen molar-refractivity contribution in [2.24, 2.45) is 0 Å². The zero-order valence-corrected chi connectivity index (χ0v) is 13.0. The highest BCUT2D eigenvalue weighted by Crippen LogP contribution is 2.25. The van der Waals surface area contributed by atoms with Crippen LogP contribution in [-0.2, 0) is 4.79 Å². The lowest BCUT2D eigenvalue weighted by molar-refractivity contribution is -0.127. The number of hydrogen-bond donors (Lipinski definition) is 0. The zero-order chi connectivity index (χ0) is 15.2. The number of hydrogen-bond acceptors (Lipinski definition) is 4. The number of thioether (sulfide) groups is 1.